The summed E-state index contributed by atoms with van der Waals surface area (Å²) in [5, 5.41) is 5.93. The van der Waals surface area contributed by atoms with Crippen molar-refractivity contribution in [3.05, 3.63) is 35.6 Å². The lowest BCUT2D eigenvalue weighted by Gasteiger charge is -2.31. The summed E-state index contributed by atoms with van der Waals surface area (Å²) in [6, 6.07) is 6.08. The van der Waals surface area contributed by atoms with E-state index in [9.17, 15) is 14.0 Å². The Bertz CT molecular complexity index is 557. The van der Waals surface area contributed by atoms with Crippen LogP contribution in [0.3, 0.4) is 0 Å². The van der Waals surface area contributed by atoms with Gasteiger partial charge in [0.15, 0.2) is 0 Å². The van der Waals surface area contributed by atoms with Crippen LogP contribution in [0.5, 0.6) is 0 Å². The lowest BCUT2D eigenvalue weighted by atomic mass is 9.95. The number of likely N-dealkylation sites (tertiary alicyclic amines) is 1. The molecule has 1 heterocycles. The summed E-state index contributed by atoms with van der Waals surface area (Å²) in [4.78, 5) is 26.1. The van der Waals surface area contributed by atoms with E-state index in [2.05, 4.69) is 10.6 Å². The largest absolute Gasteiger partial charge is 0.383 e. The number of halogens is 1. The van der Waals surface area contributed by atoms with Crippen molar-refractivity contribution in [3.63, 3.8) is 0 Å². The number of benzene rings is 1. The fourth-order valence-corrected chi connectivity index (χ4v) is 2.81. The molecule has 2 rings (SSSR count). The van der Waals surface area contributed by atoms with Crippen molar-refractivity contribution < 1.29 is 18.7 Å². The zero-order valence-electron chi connectivity index (χ0n) is 14.6. The van der Waals surface area contributed by atoms with E-state index in [1.54, 1.807) is 24.1 Å². The molecule has 1 saturated heterocycles. The Kier molecular flexibility index (Phi) is 7.81. The minimum Gasteiger partial charge on any atom is -0.383 e. The first-order chi connectivity index (χ1) is 12.1. The van der Waals surface area contributed by atoms with E-state index in [0.29, 0.717) is 52.2 Å². The third-order valence-corrected chi connectivity index (χ3v) is 4.36. The molecule has 0 spiro atoms. The highest BCUT2D eigenvalue weighted by Crippen LogP contribution is 2.17. The van der Waals surface area contributed by atoms with E-state index in [-0.39, 0.29) is 23.5 Å². The van der Waals surface area contributed by atoms with Crippen LogP contribution in [0.15, 0.2) is 24.3 Å². The number of nitrogens with one attached hydrogen (secondary N) is 2. The van der Waals surface area contributed by atoms with Gasteiger partial charge in [0.05, 0.1) is 13.2 Å². The fraction of sp³-hybridized carbons (Fsp3) is 0.556. The van der Waals surface area contributed by atoms with E-state index >= 15 is 0 Å². The molecular weight excluding hydrogens is 325 g/mol. The van der Waals surface area contributed by atoms with E-state index < -0.39 is 0 Å². The van der Waals surface area contributed by atoms with E-state index in [0.717, 1.165) is 5.56 Å². The maximum Gasteiger partial charge on any atom is 0.236 e. The van der Waals surface area contributed by atoms with Gasteiger partial charge in [0.25, 0.3) is 0 Å². The minimum absolute atomic E-state index is 0.00496. The van der Waals surface area contributed by atoms with Crippen molar-refractivity contribution in [2.75, 3.05) is 39.9 Å². The zero-order chi connectivity index (χ0) is 18.1. The fourth-order valence-electron chi connectivity index (χ4n) is 2.81. The lowest BCUT2D eigenvalue weighted by Crippen LogP contribution is -2.45. The van der Waals surface area contributed by atoms with E-state index in [4.69, 9.17) is 4.74 Å². The molecule has 0 atom stereocenters. The molecule has 0 aliphatic carbocycles. The quantitative estimate of drug-likeness (QED) is 0.683. The van der Waals surface area contributed by atoms with E-state index in [1.807, 2.05) is 0 Å². The molecule has 6 nitrogen and oxygen atoms in total. The number of carbonyl (C=O) groups is 2. The van der Waals surface area contributed by atoms with Gasteiger partial charge in [0.2, 0.25) is 11.8 Å². The van der Waals surface area contributed by atoms with Crippen molar-refractivity contribution in [1.29, 1.82) is 0 Å². The van der Waals surface area contributed by atoms with Crippen LogP contribution >= 0.6 is 0 Å². The average Bonchev–Trinajstić information content (AvgIpc) is 2.64. The van der Waals surface area contributed by atoms with Crippen LogP contribution in [-0.2, 0) is 20.9 Å². The summed E-state index contributed by atoms with van der Waals surface area (Å²) in [6.07, 6.45) is 1.33. The highest BCUT2D eigenvalue weighted by atomic mass is 19.1. The van der Waals surface area contributed by atoms with Gasteiger partial charge in [-0.3, -0.25) is 9.59 Å². The van der Waals surface area contributed by atoms with Crippen molar-refractivity contribution in [2.45, 2.75) is 19.4 Å². The Labute approximate surface area is 147 Å². The smallest absolute Gasteiger partial charge is 0.236 e. The van der Waals surface area contributed by atoms with Gasteiger partial charge in [-0.05, 0) is 30.5 Å². The second-order valence-electron chi connectivity index (χ2n) is 6.17. The number of ether oxygens (including phenoxy) is 1. The summed E-state index contributed by atoms with van der Waals surface area (Å²) in [5.41, 5.74) is 0.865. The number of nitrogens with zero attached hydrogens (tertiary/aromatic N) is 1. The topological polar surface area (TPSA) is 70.7 Å². The van der Waals surface area contributed by atoms with Crippen molar-refractivity contribution in [2.24, 2.45) is 5.92 Å². The molecule has 2 amide bonds. The molecule has 25 heavy (non-hydrogen) atoms. The molecule has 0 radical (unpaired) electrons. The molecule has 1 aliphatic rings. The third-order valence-electron chi connectivity index (χ3n) is 4.36. The molecule has 1 fully saturated rings. The highest BCUT2D eigenvalue weighted by molar-refractivity contribution is 5.80. The number of methoxy groups -OCH3 is 1. The summed E-state index contributed by atoms with van der Waals surface area (Å²) < 4.78 is 17.8. The summed E-state index contributed by atoms with van der Waals surface area (Å²) in [6.45, 7) is 3.10. The first kappa shape index (κ1) is 19.3. The summed E-state index contributed by atoms with van der Waals surface area (Å²) >= 11 is 0. The Morgan fingerprint density at radius 1 is 1.24 bits per heavy atom. The van der Waals surface area contributed by atoms with Crippen LogP contribution in [-0.4, -0.2) is 56.6 Å². The predicted octanol–water partition coefficient (Wildman–Crippen LogP) is 0.917. The molecule has 2 N–H and O–H groups in total. The van der Waals surface area contributed by atoms with Gasteiger partial charge in [0, 0.05) is 39.2 Å². The monoisotopic (exact) mass is 351 g/mol. The molecule has 1 aromatic carbocycles. The minimum atomic E-state index is -0.288. The Balaban J connectivity index is 1.67. The van der Waals surface area contributed by atoms with Crippen LogP contribution in [0.2, 0.25) is 0 Å². The number of carbonyl (C=O) groups excluding carboxylic acids is 2. The molecule has 0 aromatic heterocycles. The first-order valence-corrected chi connectivity index (χ1v) is 8.59. The van der Waals surface area contributed by atoms with Gasteiger partial charge in [-0.2, -0.15) is 0 Å². The van der Waals surface area contributed by atoms with Gasteiger partial charge in [-0.25, -0.2) is 4.39 Å². The normalized spacial score (nSPS) is 15.2. The SMILES string of the molecule is COCCNCC(=O)N1CCC(C(=O)NCc2ccc(F)cc2)CC1. The van der Waals surface area contributed by atoms with Crippen LogP contribution < -0.4 is 10.6 Å². The Hall–Kier alpha value is -1.99. The molecule has 7 heteroatoms. The lowest BCUT2D eigenvalue weighted by molar-refractivity contribution is -0.135. The van der Waals surface area contributed by atoms with E-state index in [1.165, 1.54) is 12.1 Å². The van der Waals surface area contributed by atoms with Gasteiger partial charge < -0.3 is 20.3 Å². The predicted molar refractivity (Wildman–Crippen MR) is 92.3 cm³/mol. The molecule has 0 unspecified atom stereocenters. The maximum absolute atomic E-state index is 12.9. The molecule has 1 aromatic rings. The highest BCUT2D eigenvalue weighted by Gasteiger charge is 2.26. The average molecular weight is 351 g/mol. The second kappa shape index (κ2) is 10.1. The van der Waals surface area contributed by atoms with Gasteiger partial charge in [0.1, 0.15) is 5.82 Å². The summed E-state index contributed by atoms with van der Waals surface area (Å²) in [7, 11) is 1.62. The van der Waals surface area contributed by atoms with Crippen molar-refractivity contribution in [1.82, 2.24) is 15.5 Å². The molecule has 0 bridgehead atoms. The standard InChI is InChI=1S/C18H26FN3O3/c1-25-11-8-20-13-17(23)22-9-6-15(7-10-22)18(24)21-12-14-2-4-16(19)5-3-14/h2-5,15,20H,6-13H2,1H3,(H,21,24). The van der Waals surface area contributed by atoms with Crippen LogP contribution in [0.1, 0.15) is 18.4 Å². The molecule has 138 valence electrons. The number of hydrogen-bond acceptors (Lipinski definition) is 4. The van der Waals surface area contributed by atoms with Crippen LogP contribution in [0.25, 0.3) is 0 Å². The number of amides is 2. The van der Waals surface area contributed by atoms with Crippen molar-refractivity contribution >= 4 is 11.8 Å². The van der Waals surface area contributed by atoms with Crippen LogP contribution in [0, 0.1) is 11.7 Å². The van der Waals surface area contributed by atoms with Gasteiger partial charge in [-0.15, -0.1) is 0 Å². The summed E-state index contributed by atoms with van der Waals surface area (Å²) in [5.74, 6) is -0.314. The first-order valence-electron chi connectivity index (χ1n) is 8.59. The number of rotatable bonds is 8. The molecule has 0 saturated carbocycles. The van der Waals surface area contributed by atoms with Gasteiger partial charge >= 0.3 is 0 Å². The second-order valence-corrected chi connectivity index (χ2v) is 6.17. The zero-order valence-corrected chi connectivity index (χ0v) is 14.6. The van der Waals surface area contributed by atoms with Crippen LogP contribution in [0.4, 0.5) is 4.39 Å². The van der Waals surface area contributed by atoms with Gasteiger partial charge in [-0.1, -0.05) is 12.1 Å². The van der Waals surface area contributed by atoms with Crippen molar-refractivity contribution in [3.8, 4) is 0 Å². The third kappa shape index (κ3) is 6.43. The Morgan fingerprint density at radius 2 is 1.92 bits per heavy atom. The molecule has 1 aliphatic heterocycles. The number of piperidine rings is 1. The molecular formula is C18H26FN3O3. The maximum atomic E-state index is 12.9. The Morgan fingerprint density at radius 3 is 2.56 bits per heavy atom. The number of hydrogen-bond donors (Lipinski definition) is 2.